The first-order valence-corrected chi connectivity index (χ1v) is 6.69. The summed E-state index contributed by atoms with van der Waals surface area (Å²) in [5, 5.41) is 12.9. The van der Waals surface area contributed by atoms with Crippen LogP contribution in [0.1, 0.15) is 27.2 Å². The summed E-state index contributed by atoms with van der Waals surface area (Å²) in [6, 6.07) is 7.65. The zero-order valence-corrected chi connectivity index (χ0v) is 12.1. The number of amides is 1. The van der Waals surface area contributed by atoms with Crippen LogP contribution in [0.5, 0.6) is 0 Å². The highest BCUT2D eigenvalue weighted by Gasteiger charge is 2.14. The van der Waals surface area contributed by atoms with Crippen LogP contribution in [-0.4, -0.2) is 29.7 Å². The summed E-state index contributed by atoms with van der Waals surface area (Å²) in [5.41, 5.74) is 3.65. The van der Waals surface area contributed by atoms with E-state index in [1.807, 2.05) is 45.2 Å². The van der Waals surface area contributed by atoms with E-state index < -0.39 is 0 Å². The van der Waals surface area contributed by atoms with Crippen LogP contribution in [0, 0.1) is 13.8 Å². The second kappa shape index (κ2) is 6.34. The summed E-state index contributed by atoms with van der Waals surface area (Å²) in [6.45, 7) is 4.70. The molecule has 0 spiro atoms. The molecular weight excluding hydrogens is 252 g/mol. The first kappa shape index (κ1) is 14.3. The van der Waals surface area contributed by atoms with Crippen molar-refractivity contribution in [2.75, 3.05) is 18.9 Å². The molecule has 1 amide bonds. The molecule has 1 aromatic carbocycles. The molecule has 3 N–H and O–H groups in total. The van der Waals surface area contributed by atoms with Crippen molar-refractivity contribution in [3.8, 4) is 0 Å². The fourth-order valence-electron chi connectivity index (χ4n) is 2.00. The van der Waals surface area contributed by atoms with Crippen molar-refractivity contribution in [2.24, 2.45) is 0 Å². The van der Waals surface area contributed by atoms with Gasteiger partial charge in [-0.3, -0.25) is 9.89 Å². The van der Waals surface area contributed by atoms with Crippen molar-refractivity contribution in [2.45, 2.75) is 20.3 Å². The second-order valence-corrected chi connectivity index (χ2v) is 4.79. The summed E-state index contributed by atoms with van der Waals surface area (Å²) in [5.74, 6) is 0.474. The molecule has 5 nitrogen and oxygen atoms in total. The lowest BCUT2D eigenvalue weighted by Crippen LogP contribution is -2.17. The molecule has 0 aliphatic carbocycles. The average Bonchev–Trinajstić information content (AvgIpc) is 2.77. The van der Waals surface area contributed by atoms with Crippen molar-refractivity contribution in [1.82, 2.24) is 15.5 Å². The van der Waals surface area contributed by atoms with E-state index in [0.29, 0.717) is 11.4 Å². The maximum Gasteiger partial charge on any atom is 0.257 e. The van der Waals surface area contributed by atoms with Gasteiger partial charge < -0.3 is 10.6 Å². The highest BCUT2D eigenvalue weighted by Crippen LogP contribution is 2.16. The van der Waals surface area contributed by atoms with E-state index in [1.165, 1.54) is 0 Å². The quantitative estimate of drug-likeness (QED) is 0.780. The predicted molar refractivity (Wildman–Crippen MR) is 80.1 cm³/mol. The molecule has 0 radical (unpaired) electrons. The smallest absolute Gasteiger partial charge is 0.257 e. The van der Waals surface area contributed by atoms with Gasteiger partial charge in [0.05, 0.1) is 0 Å². The number of likely N-dealkylation sites (N-methyl/N-ethyl adjacent to an activating group) is 1. The van der Waals surface area contributed by atoms with Crippen LogP contribution in [0.3, 0.4) is 0 Å². The number of benzene rings is 1. The Morgan fingerprint density at radius 3 is 2.70 bits per heavy atom. The minimum Gasteiger partial charge on any atom is -0.319 e. The van der Waals surface area contributed by atoms with Gasteiger partial charge in [-0.1, -0.05) is 18.2 Å². The lowest BCUT2D eigenvalue weighted by molar-refractivity contribution is 0.102. The van der Waals surface area contributed by atoms with Gasteiger partial charge in [0, 0.05) is 16.8 Å². The number of rotatable bonds is 5. The van der Waals surface area contributed by atoms with E-state index in [-0.39, 0.29) is 5.91 Å². The van der Waals surface area contributed by atoms with Crippen LogP contribution in [0.2, 0.25) is 0 Å². The summed E-state index contributed by atoms with van der Waals surface area (Å²) < 4.78 is 0. The number of nitrogens with one attached hydrogen (secondary N) is 3. The molecule has 0 aliphatic heterocycles. The van der Waals surface area contributed by atoms with Gasteiger partial charge in [-0.15, -0.1) is 0 Å². The van der Waals surface area contributed by atoms with Gasteiger partial charge in [0.2, 0.25) is 0 Å². The number of carbonyl (C=O) groups excluding carboxylic acids is 1. The van der Waals surface area contributed by atoms with Gasteiger partial charge in [-0.05, 0) is 45.5 Å². The summed E-state index contributed by atoms with van der Waals surface area (Å²) in [4.78, 5) is 12.4. The molecule has 1 aromatic heterocycles. The molecule has 20 heavy (non-hydrogen) atoms. The van der Waals surface area contributed by atoms with Crippen LogP contribution in [0.25, 0.3) is 0 Å². The number of nitrogens with zero attached hydrogens (tertiary/aromatic N) is 1. The number of hydrogen-bond donors (Lipinski definition) is 3. The third-order valence-corrected chi connectivity index (χ3v) is 3.39. The monoisotopic (exact) mass is 272 g/mol. The molecule has 0 atom stereocenters. The Morgan fingerprint density at radius 2 is 2.05 bits per heavy atom. The minimum atomic E-state index is -0.119. The Bertz CT molecular complexity index is 604. The van der Waals surface area contributed by atoms with E-state index in [0.717, 1.165) is 29.8 Å². The third-order valence-electron chi connectivity index (χ3n) is 3.39. The SMILES string of the molecule is CNCCc1ccccc1C(=O)Nc1n[nH]c(C)c1C. The van der Waals surface area contributed by atoms with E-state index in [1.54, 1.807) is 0 Å². The zero-order chi connectivity index (χ0) is 14.5. The number of H-pyrrole nitrogens is 1. The van der Waals surface area contributed by atoms with Crippen molar-refractivity contribution >= 4 is 11.7 Å². The maximum atomic E-state index is 12.4. The number of aromatic amines is 1. The fraction of sp³-hybridized carbons (Fsp3) is 0.333. The average molecular weight is 272 g/mol. The van der Waals surface area contributed by atoms with Crippen molar-refractivity contribution < 1.29 is 4.79 Å². The zero-order valence-electron chi connectivity index (χ0n) is 12.1. The van der Waals surface area contributed by atoms with E-state index in [9.17, 15) is 4.79 Å². The molecule has 2 rings (SSSR count). The number of carbonyl (C=O) groups is 1. The van der Waals surface area contributed by atoms with Crippen molar-refractivity contribution in [3.05, 3.63) is 46.6 Å². The molecule has 0 saturated carbocycles. The van der Waals surface area contributed by atoms with Gasteiger partial charge in [0.25, 0.3) is 5.91 Å². The van der Waals surface area contributed by atoms with Crippen LogP contribution in [0.4, 0.5) is 5.82 Å². The Labute approximate surface area is 118 Å². The van der Waals surface area contributed by atoms with Gasteiger partial charge in [-0.25, -0.2) is 0 Å². The molecule has 0 saturated heterocycles. The molecule has 2 aromatic rings. The topological polar surface area (TPSA) is 69.8 Å². The highest BCUT2D eigenvalue weighted by molar-refractivity contribution is 6.05. The summed E-state index contributed by atoms with van der Waals surface area (Å²) in [6.07, 6.45) is 0.818. The van der Waals surface area contributed by atoms with Gasteiger partial charge in [0.1, 0.15) is 0 Å². The number of aryl methyl sites for hydroxylation is 1. The van der Waals surface area contributed by atoms with Crippen molar-refractivity contribution in [1.29, 1.82) is 0 Å². The first-order valence-electron chi connectivity index (χ1n) is 6.69. The minimum absolute atomic E-state index is 0.119. The largest absolute Gasteiger partial charge is 0.319 e. The Hall–Kier alpha value is -2.14. The summed E-state index contributed by atoms with van der Waals surface area (Å²) in [7, 11) is 1.90. The summed E-state index contributed by atoms with van der Waals surface area (Å²) >= 11 is 0. The first-order chi connectivity index (χ1) is 9.63. The predicted octanol–water partition coefficient (Wildman–Crippen LogP) is 2.04. The van der Waals surface area contributed by atoms with Gasteiger partial charge in [0.15, 0.2) is 5.82 Å². The van der Waals surface area contributed by atoms with Gasteiger partial charge >= 0.3 is 0 Å². The molecule has 1 heterocycles. The molecule has 5 heteroatoms. The lowest BCUT2D eigenvalue weighted by Gasteiger charge is -2.09. The Morgan fingerprint density at radius 1 is 1.30 bits per heavy atom. The molecular formula is C15H20N4O. The van der Waals surface area contributed by atoms with E-state index in [4.69, 9.17) is 0 Å². The van der Waals surface area contributed by atoms with Crippen LogP contribution in [-0.2, 0) is 6.42 Å². The standard InChI is InChI=1S/C15H20N4O/c1-10-11(2)18-19-14(10)17-15(20)13-7-5-4-6-12(13)8-9-16-3/h4-7,16H,8-9H2,1-3H3,(H2,17,18,19,20). The Kier molecular flexibility index (Phi) is 4.53. The van der Waals surface area contributed by atoms with E-state index in [2.05, 4.69) is 20.8 Å². The number of aromatic nitrogens is 2. The fourth-order valence-corrected chi connectivity index (χ4v) is 2.00. The second-order valence-electron chi connectivity index (χ2n) is 4.79. The van der Waals surface area contributed by atoms with Crippen molar-refractivity contribution in [3.63, 3.8) is 0 Å². The molecule has 106 valence electrons. The van der Waals surface area contributed by atoms with Crippen LogP contribution in [0.15, 0.2) is 24.3 Å². The lowest BCUT2D eigenvalue weighted by atomic mass is 10.0. The molecule has 0 aliphatic rings. The van der Waals surface area contributed by atoms with Gasteiger partial charge in [-0.2, -0.15) is 5.10 Å². The van der Waals surface area contributed by atoms with E-state index >= 15 is 0 Å². The number of hydrogen-bond acceptors (Lipinski definition) is 3. The number of anilines is 1. The molecule has 0 bridgehead atoms. The highest BCUT2D eigenvalue weighted by atomic mass is 16.1. The van der Waals surface area contributed by atoms with Crippen LogP contribution < -0.4 is 10.6 Å². The normalized spacial score (nSPS) is 10.6. The molecule has 0 unspecified atom stereocenters. The maximum absolute atomic E-state index is 12.4. The van der Waals surface area contributed by atoms with Crippen LogP contribution >= 0.6 is 0 Å². The molecule has 0 fully saturated rings. The Balaban J connectivity index is 2.19. The third kappa shape index (κ3) is 3.05.